The van der Waals surface area contributed by atoms with Crippen molar-refractivity contribution in [3.8, 4) is 11.5 Å². The summed E-state index contributed by atoms with van der Waals surface area (Å²) in [5.74, 6) is 0.725. The fraction of sp³-hybridized carbons (Fsp3) is 0.0714. The molecule has 0 saturated heterocycles. The molecule has 0 amide bonds. The zero-order valence-electron chi connectivity index (χ0n) is 9.35. The number of rotatable bonds is 4. The molecule has 0 saturated carbocycles. The second kappa shape index (κ2) is 5.89. The Morgan fingerprint density at radius 1 is 0.944 bits per heavy atom. The number of halogens is 2. The summed E-state index contributed by atoms with van der Waals surface area (Å²) in [6, 6.07) is 16.1. The van der Waals surface area contributed by atoms with E-state index >= 15 is 0 Å². The molecule has 2 aromatic carbocycles. The number of para-hydroxylation sites is 2. The maximum Gasteiger partial charge on any atom is 0.199 e. The third-order valence-electron chi connectivity index (χ3n) is 2.32. The molecule has 0 aliphatic rings. The number of ether oxygens (including phenoxy) is 1. The van der Waals surface area contributed by atoms with Gasteiger partial charge in [0.1, 0.15) is 11.5 Å². The Labute approximate surface area is 115 Å². The summed E-state index contributed by atoms with van der Waals surface area (Å²) in [6.45, 7) is 0. The first kappa shape index (κ1) is 12.9. The third-order valence-corrected chi connectivity index (χ3v) is 2.72. The standard InChI is InChI=1S/C14H10Cl2O2/c15-14(16)13(17)11-8-4-5-9-12(11)18-10-6-2-1-3-7-10/h1-9,14H. The second-order valence-corrected chi connectivity index (χ2v) is 4.67. The summed E-state index contributed by atoms with van der Waals surface area (Å²) in [5, 5.41) is 0. The summed E-state index contributed by atoms with van der Waals surface area (Å²) < 4.78 is 5.64. The Hall–Kier alpha value is -1.51. The van der Waals surface area contributed by atoms with Gasteiger partial charge in [-0.1, -0.05) is 53.5 Å². The van der Waals surface area contributed by atoms with E-state index in [9.17, 15) is 4.79 Å². The number of hydrogen-bond donors (Lipinski definition) is 0. The van der Waals surface area contributed by atoms with Crippen LogP contribution in [0.4, 0.5) is 0 Å². The van der Waals surface area contributed by atoms with Crippen LogP contribution in [0.3, 0.4) is 0 Å². The molecule has 2 nitrogen and oxygen atoms in total. The van der Waals surface area contributed by atoms with Crippen LogP contribution in [0, 0.1) is 0 Å². The van der Waals surface area contributed by atoms with Crippen LogP contribution in [0.25, 0.3) is 0 Å². The average Bonchev–Trinajstić information content (AvgIpc) is 2.39. The lowest BCUT2D eigenvalue weighted by atomic mass is 10.1. The molecule has 0 aliphatic carbocycles. The molecule has 2 rings (SSSR count). The van der Waals surface area contributed by atoms with Crippen molar-refractivity contribution < 1.29 is 9.53 Å². The van der Waals surface area contributed by atoms with Crippen LogP contribution in [-0.2, 0) is 0 Å². The van der Waals surface area contributed by atoms with Crippen molar-refractivity contribution in [3.05, 3.63) is 60.2 Å². The highest BCUT2D eigenvalue weighted by atomic mass is 35.5. The molecule has 0 aromatic heterocycles. The van der Waals surface area contributed by atoms with E-state index in [2.05, 4.69) is 0 Å². The fourth-order valence-corrected chi connectivity index (χ4v) is 1.73. The van der Waals surface area contributed by atoms with Crippen LogP contribution in [0.1, 0.15) is 10.4 Å². The topological polar surface area (TPSA) is 26.3 Å². The van der Waals surface area contributed by atoms with Crippen LogP contribution < -0.4 is 4.74 Å². The lowest BCUT2D eigenvalue weighted by molar-refractivity contribution is 0.100. The molecule has 0 heterocycles. The van der Waals surface area contributed by atoms with E-state index in [1.807, 2.05) is 18.2 Å². The highest BCUT2D eigenvalue weighted by molar-refractivity contribution is 6.55. The van der Waals surface area contributed by atoms with Gasteiger partial charge in [0.2, 0.25) is 0 Å². The van der Waals surface area contributed by atoms with Crippen molar-refractivity contribution >= 4 is 29.0 Å². The fourth-order valence-electron chi connectivity index (χ4n) is 1.49. The van der Waals surface area contributed by atoms with Crippen LogP contribution >= 0.6 is 23.2 Å². The van der Waals surface area contributed by atoms with Gasteiger partial charge in [-0.25, -0.2) is 0 Å². The monoisotopic (exact) mass is 280 g/mol. The van der Waals surface area contributed by atoms with Crippen molar-refractivity contribution in [1.29, 1.82) is 0 Å². The van der Waals surface area contributed by atoms with Crippen molar-refractivity contribution in [2.45, 2.75) is 4.84 Å². The number of carbonyl (C=O) groups excluding carboxylic acids is 1. The van der Waals surface area contributed by atoms with Gasteiger partial charge in [-0.2, -0.15) is 0 Å². The van der Waals surface area contributed by atoms with Crippen molar-refractivity contribution in [3.63, 3.8) is 0 Å². The smallest absolute Gasteiger partial charge is 0.199 e. The Kier molecular flexibility index (Phi) is 4.24. The molecule has 0 N–H and O–H groups in total. The maximum absolute atomic E-state index is 11.8. The van der Waals surface area contributed by atoms with Crippen molar-refractivity contribution in [1.82, 2.24) is 0 Å². The van der Waals surface area contributed by atoms with E-state index in [1.54, 1.807) is 36.4 Å². The minimum Gasteiger partial charge on any atom is -0.457 e. The molecule has 0 bridgehead atoms. The Morgan fingerprint density at radius 3 is 2.22 bits per heavy atom. The molecule has 0 aliphatic heterocycles. The largest absolute Gasteiger partial charge is 0.457 e. The molecule has 0 radical (unpaired) electrons. The molecule has 2 aromatic rings. The van der Waals surface area contributed by atoms with Crippen LogP contribution in [0.15, 0.2) is 54.6 Å². The quantitative estimate of drug-likeness (QED) is 0.610. The van der Waals surface area contributed by atoms with E-state index in [0.717, 1.165) is 0 Å². The first-order valence-electron chi connectivity index (χ1n) is 5.33. The summed E-state index contributed by atoms with van der Waals surface area (Å²) in [7, 11) is 0. The minimum absolute atomic E-state index is 0.370. The van der Waals surface area contributed by atoms with Gasteiger partial charge in [0.25, 0.3) is 0 Å². The molecule has 4 heteroatoms. The zero-order chi connectivity index (χ0) is 13.0. The number of carbonyl (C=O) groups is 1. The number of ketones is 1. The molecule has 0 atom stereocenters. The molecule has 92 valence electrons. The molecular formula is C14H10Cl2O2. The number of hydrogen-bond acceptors (Lipinski definition) is 2. The van der Waals surface area contributed by atoms with Gasteiger partial charge in [-0.3, -0.25) is 4.79 Å². The third kappa shape index (κ3) is 3.03. The lowest BCUT2D eigenvalue weighted by Gasteiger charge is -2.10. The van der Waals surface area contributed by atoms with Gasteiger partial charge in [0.15, 0.2) is 10.6 Å². The highest BCUT2D eigenvalue weighted by Crippen LogP contribution is 2.27. The Balaban J connectivity index is 2.31. The van der Waals surface area contributed by atoms with Gasteiger partial charge in [0.05, 0.1) is 5.56 Å². The van der Waals surface area contributed by atoms with Gasteiger partial charge >= 0.3 is 0 Å². The van der Waals surface area contributed by atoms with E-state index < -0.39 is 4.84 Å². The Bertz CT molecular complexity index is 539. The van der Waals surface area contributed by atoms with E-state index in [0.29, 0.717) is 17.1 Å². The van der Waals surface area contributed by atoms with Gasteiger partial charge < -0.3 is 4.74 Å². The van der Waals surface area contributed by atoms with Gasteiger partial charge in [-0.15, -0.1) is 0 Å². The predicted octanol–water partition coefficient (Wildman–Crippen LogP) is 4.47. The summed E-state index contributed by atoms with van der Waals surface area (Å²) >= 11 is 11.2. The number of Topliss-reactive ketones (excluding diaryl/α,β-unsaturated/α-hetero) is 1. The van der Waals surface area contributed by atoms with Gasteiger partial charge in [0, 0.05) is 0 Å². The second-order valence-electron chi connectivity index (χ2n) is 3.58. The van der Waals surface area contributed by atoms with Gasteiger partial charge in [-0.05, 0) is 24.3 Å². The van der Waals surface area contributed by atoms with Crippen LogP contribution in [0.5, 0.6) is 11.5 Å². The predicted molar refractivity (Wildman–Crippen MR) is 72.8 cm³/mol. The molecular weight excluding hydrogens is 271 g/mol. The van der Waals surface area contributed by atoms with E-state index in [4.69, 9.17) is 27.9 Å². The number of benzene rings is 2. The molecule has 0 unspecified atom stereocenters. The minimum atomic E-state index is -1.09. The SMILES string of the molecule is O=C(c1ccccc1Oc1ccccc1)C(Cl)Cl. The summed E-state index contributed by atoms with van der Waals surface area (Å²) in [6.07, 6.45) is 0. The first-order valence-corrected chi connectivity index (χ1v) is 6.20. The Morgan fingerprint density at radius 2 is 1.56 bits per heavy atom. The summed E-state index contributed by atoms with van der Waals surface area (Å²) in [5.41, 5.74) is 0.372. The zero-order valence-corrected chi connectivity index (χ0v) is 10.9. The van der Waals surface area contributed by atoms with Crippen molar-refractivity contribution in [2.24, 2.45) is 0 Å². The molecule has 0 fully saturated rings. The molecule has 18 heavy (non-hydrogen) atoms. The first-order chi connectivity index (χ1) is 8.68. The summed E-state index contributed by atoms with van der Waals surface area (Å²) in [4.78, 5) is 10.7. The maximum atomic E-state index is 11.8. The molecule has 0 spiro atoms. The number of alkyl halides is 2. The average molecular weight is 281 g/mol. The van der Waals surface area contributed by atoms with Crippen LogP contribution in [-0.4, -0.2) is 10.6 Å². The van der Waals surface area contributed by atoms with Crippen molar-refractivity contribution in [2.75, 3.05) is 0 Å². The van der Waals surface area contributed by atoms with E-state index in [-0.39, 0.29) is 5.78 Å². The highest BCUT2D eigenvalue weighted by Gasteiger charge is 2.18. The van der Waals surface area contributed by atoms with Crippen LogP contribution in [0.2, 0.25) is 0 Å². The normalized spacial score (nSPS) is 10.4. The lowest BCUT2D eigenvalue weighted by Crippen LogP contribution is -2.09. The van der Waals surface area contributed by atoms with E-state index in [1.165, 1.54) is 0 Å².